The van der Waals surface area contributed by atoms with Gasteiger partial charge in [0.1, 0.15) is 5.82 Å². The van der Waals surface area contributed by atoms with Crippen molar-refractivity contribution in [1.82, 2.24) is 15.4 Å². The molecule has 1 atom stereocenters. The quantitative estimate of drug-likeness (QED) is 0.858. The second kappa shape index (κ2) is 5.11. The summed E-state index contributed by atoms with van der Waals surface area (Å²) < 4.78 is 13.0. The molecule has 0 amide bonds. The summed E-state index contributed by atoms with van der Waals surface area (Å²) in [4.78, 5) is 8.13. The number of aromatic nitrogens is 2. The smallest absolute Gasteiger partial charge is 0.222 e. The Hall–Kier alpha value is -1.72. The third-order valence-corrected chi connectivity index (χ3v) is 3.29. The van der Waals surface area contributed by atoms with Crippen LogP contribution < -0.4 is 10.4 Å². The van der Waals surface area contributed by atoms with Gasteiger partial charge >= 0.3 is 0 Å². The molecule has 4 nitrogen and oxygen atoms in total. The fourth-order valence-electron chi connectivity index (χ4n) is 2.25. The van der Waals surface area contributed by atoms with Crippen LogP contribution in [0, 0.1) is 5.82 Å². The molecule has 3 rings (SSSR count). The monoisotopic (exact) mass is 278 g/mol. The highest BCUT2D eigenvalue weighted by molar-refractivity contribution is 6.28. The molecule has 0 saturated carbocycles. The number of nitrogens with one attached hydrogen (secondary N) is 1. The Bertz CT molecular complexity index is 575. The van der Waals surface area contributed by atoms with E-state index in [2.05, 4.69) is 15.4 Å². The molecule has 0 radical (unpaired) electrons. The van der Waals surface area contributed by atoms with Crippen molar-refractivity contribution in [2.45, 2.75) is 12.5 Å². The first-order valence-electron chi connectivity index (χ1n) is 6.01. The summed E-state index contributed by atoms with van der Waals surface area (Å²) in [6, 6.07) is 8.29. The molecule has 1 aromatic carbocycles. The molecule has 0 spiro atoms. The van der Waals surface area contributed by atoms with Crippen LogP contribution in [0.5, 0.6) is 0 Å². The average Bonchev–Trinajstić information content (AvgIpc) is 2.89. The van der Waals surface area contributed by atoms with Gasteiger partial charge in [-0.1, -0.05) is 0 Å². The van der Waals surface area contributed by atoms with Gasteiger partial charge in [0.05, 0.1) is 17.4 Å². The van der Waals surface area contributed by atoms with Crippen molar-refractivity contribution >= 4 is 17.3 Å². The lowest BCUT2D eigenvalue weighted by Gasteiger charge is -2.25. The maximum atomic E-state index is 13.0. The van der Waals surface area contributed by atoms with Gasteiger partial charge in [-0.2, -0.15) is 0 Å². The van der Waals surface area contributed by atoms with E-state index in [-0.39, 0.29) is 17.1 Å². The Morgan fingerprint density at radius 2 is 2.05 bits per heavy atom. The highest BCUT2D eigenvalue weighted by Gasteiger charge is 2.27. The van der Waals surface area contributed by atoms with E-state index in [1.807, 2.05) is 11.1 Å². The lowest BCUT2D eigenvalue weighted by atomic mass is 10.1. The van der Waals surface area contributed by atoms with Gasteiger partial charge in [0.25, 0.3) is 0 Å². The van der Waals surface area contributed by atoms with Crippen molar-refractivity contribution in [3.05, 3.63) is 53.3 Å². The molecular formula is C13H12ClFN4. The Labute approximate surface area is 115 Å². The van der Waals surface area contributed by atoms with Crippen molar-refractivity contribution in [1.29, 1.82) is 0 Å². The predicted molar refractivity (Wildman–Crippen MR) is 71.3 cm³/mol. The predicted octanol–water partition coefficient (Wildman–Crippen LogP) is 2.73. The van der Waals surface area contributed by atoms with Gasteiger partial charge < -0.3 is 0 Å². The first-order chi connectivity index (χ1) is 9.24. The molecule has 2 heterocycles. The zero-order valence-electron chi connectivity index (χ0n) is 10.1. The number of hydrogen-bond acceptors (Lipinski definition) is 4. The summed E-state index contributed by atoms with van der Waals surface area (Å²) in [5.74, 6) is -0.246. The summed E-state index contributed by atoms with van der Waals surface area (Å²) in [5, 5.41) is 2.22. The van der Waals surface area contributed by atoms with Gasteiger partial charge in [-0.05, 0) is 48.4 Å². The molecule has 1 aromatic heterocycles. The molecule has 19 heavy (non-hydrogen) atoms. The molecule has 1 aliphatic rings. The number of nitrogens with zero attached hydrogens (tertiary/aromatic N) is 3. The van der Waals surface area contributed by atoms with E-state index in [0.29, 0.717) is 0 Å². The molecule has 98 valence electrons. The molecule has 1 unspecified atom stereocenters. The Morgan fingerprint density at radius 1 is 1.26 bits per heavy atom. The van der Waals surface area contributed by atoms with E-state index >= 15 is 0 Å². The Kier molecular flexibility index (Phi) is 3.31. The largest absolute Gasteiger partial charge is 0.299 e. The van der Waals surface area contributed by atoms with Gasteiger partial charge in [-0.15, -0.1) is 0 Å². The third kappa shape index (κ3) is 2.52. The number of rotatable bonds is 2. The molecule has 2 aromatic rings. The highest BCUT2D eigenvalue weighted by atomic mass is 35.5. The van der Waals surface area contributed by atoms with E-state index in [1.54, 1.807) is 18.3 Å². The lowest BCUT2D eigenvalue weighted by molar-refractivity contribution is 0.624. The molecule has 1 fully saturated rings. The van der Waals surface area contributed by atoms with Crippen molar-refractivity contribution in [2.75, 3.05) is 11.6 Å². The molecule has 1 saturated heterocycles. The Morgan fingerprint density at radius 3 is 2.79 bits per heavy atom. The van der Waals surface area contributed by atoms with Crippen LogP contribution in [0.4, 0.5) is 10.1 Å². The van der Waals surface area contributed by atoms with Gasteiger partial charge in [-0.3, -0.25) is 5.01 Å². The standard InChI is InChI=1S/C13H12ClFN4/c14-13-16-7-5-11(18-13)12-6-8-17-19(12)10-3-1-9(15)2-4-10/h1-5,7,12,17H,6,8H2. The minimum absolute atomic E-state index is 0.0750. The molecule has 1 N–H and O–H groups in total. The maximum Gasteiger partial charge on any atom is 0.222 e. The average molecular weight is 279 g/mol. The lowest BCUT2D eigenvalue weighted by Crippen LogP contribution is -2.33. The molecule has 0 aliphatic carbocycles. The number of hydrazine groups is 1. The second-order valence-electron chi connectivity index (χ2n) is 4.31. The van der Waals surface area contributed by atoms with Crippen molar-refractivity contribution in [2.24, 2.45) is 0 Å². The van der Waals surface area contributed by atoms with Crippen LogP contribution in [0.3, 0.4) is 0 Å². The zero-order chi connectivity index (χ0) is 13.2. The first-order valence-corrected chi connectivity index (χ1v) is 6.38. The number of hydrogen-bond donors (Lipinski definition) is 1. The molecular weight excluding hydrogens is 267 g/mol. The fourth-order valence-corrected chi connectivity index (χ4v) is 2.40. The van der Waals surface area contributed by atoms with Crippen molar-refractivity contribution in [3.63, 3.8) is 0 Å². The summed E-state index contributed by atoms with van der Waals surface area (Å²) in [7, 11) is 0. The molecule has 6 heteroatoms. The van der Waals surface area contributed by atoms with Crippen molar-refractivity contribution in [3.8, 4) is 0 Å². The van der Waals surface area contributed by atoms with Crippen LogP contribution in [-0.2, 0) is 0 Å². The fraction of sp³-hybridized carbons (Fsp3) is 0.231. The summed E-state index contributed by atoms with van der Waals surface area (Å²) in [5.41, 5.74) is 5.03. The van der Waals surface area contributed by atoms with E-state index in [9.17, 15) is 4.39 Å². The van der Waals surface area contributed by atoms with Crippen molar-refractivity contribution < 1.29 is 4.39 Å². The maximum absolute atomic E-state index is 13.0. The highest BCUT2D eigenvalue weighted by Crippen LogP contribution is 2.30. The van der Waals surface area contributed by atoms with Crippen LogP contribution >= 0.6 is 11.6 Å². The van der Waals surface area contributed by atoms with Gasteiger partial charge in [0.15, 0.2) is 0 Å². The van der Waals surface area contributed by atoms with Crippen LogP contribution in [0.2, 0.25) is 5.28 Å². The summed E-state index contributed by atoms with van der Waals surface area (Å²) >= 11 is 5.83. The van der Waals surface area contributed by atoms with Gasteiger partial charge in [-0.25, -0.2) is 19.8 Å². The van der Waals surface area contributed by atoms with Crippen LogP contribution in [0.25, 0.3) is 0 Å². The van der Waals surface area contributed by atoms with Gasteiger partial charge in [0.2, 0.25) is 5.28 Å². The second-order valence-corrected chi connectivity index (χ2v) is 4.65. The molecule has 1 aliphatic heterocycles. The van der Waals surface area contributed by atoms with E-state index in [1.165, 1.54) is 12.1 Å². The van der Waals surface area contributed by atoms with E-state index in [0.717, 1.165) is 24.3 Å². The summed E-state index contributed by atoms with van der Waals surface area (Å²) in [6.07, 6.45) is 2.55. The minimum atomic E-state index is -0.246. The van der Waals surface area contributed by atoms with Crippen LogP contribution in [0.1, 0.15) is 18.2 Å². The number of anilines is 1. The first kappa shape index (κ1) is 12.3. The van der Waals surface area contributed by atoms with Gasteiger partial charge in [0, 0.05) is 12.7 Å². The normalized spacial score (nSPS) is 18.8. The van der Waals surface area contributed by atoms with E-state index < -0.39 is 0 Å². The molecule has 0 bridgehead atoms. The van der Waals surface area contributed by atoms with Crippen LogP contribution in [0.15, 0.2) is 36.5 Å². The summed E-state index contributed by atoms with van der Waals surface area (Å²) in [6.45, 7) is 0.837. The van der Waals surface area contributed by atoms with E-state index in [4.69, 9.17) is 11.6 Å². The Balaban J connectivity index is 1.91. The topological polar surface area (TPSA) is 41.0 Å². The minimum Gasteiger partial charge on any atom is -0.299 e. The number of halogens is 2. The number of benzene rings is 1. The SMILES string of the molecule is Fc1ccc(N2NCCC2c2ccnc(Cl)n2)cc1. The van der Waals surface area contributed by atoms with Crippen LogP contribution in [-0.4, -0.2) is 16.5 Å². The zero-order valence-corrected chi connectivity index (χ0v) is 10.8. The third-order valence-electron chi connectivity index (χ3n) is 3.11.